The summed E-state index contributed by atoms with van der Waals surface area (Å²) in [4.78, 5) is 4.53. The van der Waals surface area contributed by atoms with E-state index in [1.165, 1.54) is 0 Å². The van der Waals surface area contributed by atoms with Gasteiger partial charge in [-0.15, -0.1) is 0 Å². The molecule has 0 aliphatic heterocycles. The largest absolute Gasteiger partial charge is 0.399 e. The number of benzene rings is 2. The molecule has 0 spiro atoms. The van der Waals surface area contributed by atoms with Gasteiger partial charge in [-0.2, -0.15) is 0 Å². The third kappa shape index (κ3) is 2.61. The van der Waals surface area contributed by atoms with Gasteiger partial charge in [-0.05, 0) is 48.5 Å². The zero-order valence-electron chi connectivity index (χ0n) is 10.1. The minimum atomic E-state index is 0.693. The van der Waals surface area contributed by atoms with Crippen molar-refractivity contribution in [2.45, 2.75) is 0 Å². The van der Waals surface area contributed by atoms with Crippen molar-refractivity contribution >= 4 is 39.7 Å². The Kier molecular flexibility index (Phi) is 2.97. The Hall–Kier alpha value is -2.26. The first kappa shape index (κ1) is 11.8. The molecule has 3 aromatic rings. The molecule has 0 fully saturated rings. The Balaban J connectivity index is 1.95. The van der Waals surface area contributed by atoms with Gasteiger partial charge < -0.3 is 11.1 Å². The highest BCUT2D eigenvalue weighted by molar-refractivity contribution is 6.30. The van der Waals surface area contributed by atoms with E-state index in [0.717, 1.165) is 28.1 Å². The molecule has 0 unspecified atom stereocenters. The topological polar surface area (TPSA) is 50.9 Å². The van der Waals surface area contributed by atoms with Crippen LogP contribution < -0.4 is 11.1 Å². The molecule has 3 N–H and O–H groups in total. The number of pyridine rings is 1. The van der Waals surface area contributed by atoms with Crippen LogP contribution in [-0.4, -0.2) is 4.98 Å². The van der Waals surface area contributed by atoms with Crippen LogP contribution in [0.15, 0.2) is 54.6 Å². The van der Waals surface area contributed by atoms with E-state index in [1.807, 2.05) is 54.6 Å². The lowest BCUT2D eigenvalue weighted by Crippen LogP contribution is -1.94. The molecule has 1 heterocycles. The summed E-state index contributed by atoms with van der Waals surface area (Å²) in [5.41, 5.74) is 8.30. The molecule has 0 bridgehead atoms. The molecule has 3 nitrogen and oxygen atoms in total. The van der Waals surface area contributed by atoms with Gasteiger partial charge in [0.05, 0.1) is 5.52 Å². The number of halogens is 1. The van der Waals surface area contributed by atoms with Crippen LogP contribution in [0.2, 0.25) is 5.02 Å². The Morgan fingerprint density at radius 2 is 1.89 bits per heavy atom. The third-order valence-electron chi connectivity index (χ3n) is 2.81. The van der Waals surface area contributed by atoms with Crippen LogP contribution >= 0.6 is 11.6 Å². The van der Waals surface area contributed by atoms with E-state index in [0.29, 0.717) is 5.02 Å². The maximum Gasteiger partial charge on any atom is 0.131 e. The second kappa shape index (κ2) is 4.78. The molecule has 0 saturated heterocycles. The van der Waals surface area contributed by atoms with Crippen molar-refractivity contribution in [2.75, 3.05) is 11.1 Å². The zero-order valence-corrected chi connectivity index (χ0v) is 10.9. The predicted molar refractivity (Wildman–Crippen MR) is 80.9 cm³/mol. The van der Waals surface area contributed by atoms with Gasteiger partial charge in [-0.3, -0.25) is 0 Å². The summed E-state index contributed by atoms with van der Waals surface area (Å²) in [5.74, 6) is 0.777. The van der Waals surface area contributed by atoms with Crippen LogP contribution in [-0.2, 0) is 0 Å². The summed E-state index contributed by atoms with van der Waals surface area (Å²) in [5, 5.41) is 4.94. The van der Waals surface area contributed by atoms with E-state index in [1.54, 1.807) is 0 Å². The minimum absolute atomic E-state index is 0.693. The van der Waals surface area contributed by atoms with Gasteiger partial charge >= 0.3 is 0 Å². The summed E-state index contributed by atoms with van der Waals surface area (Å²) in [6.45, 7) is 0. The number of nitrogen functional groups attached to an aromatic ring is 1. The van der Waals surface area contributed by atoms with E-state index in [2.05, 4.69) is 10.3 Å². The van der Waals surface area contributed by atoms with E-state index in [4.69, 9.17) is 17.3 Å². The lowest BCUT2D eigenvalue weighted by Gasteiger charge is -2.07. The van der Waals surface area contributed by atoms with Crippen LogP contribution in [0.1, 0.15) is 0 Å². The average molecular weight is 270 g/mol. The SMILES string of the molecule is Nc1ccc2nc(Nc3cccc(Cl)c3)ccc2c1. The van der Waals surface area contributed by atoms with Crippen molar-refractivity contribution in [3.63, 3.8) is 0 Å². The van der Waals surface area contributed by atoms with Crippen molar-refractivity contribution in [3.8, 4) is 0 Å². The molecule has 0 aliphatic carbocycles. The highest BCUT2D eigenvalue weighted by Crippen LogP contribution is 2.22. The lowest BCUT2D eigenvalue weighted by atomic mass is 10.2. The van der Waals surface area contributed by atoms with Gasteiger partial charge in [0.1, 0.15) is 5.82 Å². The number of nitrogens with one attached hydrogen (secondary N) is 1. The molecular formula is C15H12ClN3. The van der Waals surface area contributed by atoms with Crippen molar-refractivity contribution < 1.29 is 0 Å². The summed E-state index contributed by atoms with van der Waals surface area (Å²) in [6, 6.07) is 17.1. The van der Waals surface area contributed by atoms with Crippen LogP contribution in [0.4, 0.5) is 17.2 Å². The normalized spacial score (nSPS) is 10.6. The summed E-state index contributed by atoms with van der Waals surface area (Å²) >= 11 is 5.95. The molecule has 19 heavy (non-hydrogen) atoms. The number of hydrogen-bond donors (Lipinski definition) is 2. The first-order valence-corrected chi connectivity index (χ1v) is 6.27. The van der Waals surface area contributed by atoms with Crippen LogP contribution in [0.3, 0.4) is 0 Å². The number of hydrogen-bond acceptors (Lipinski definition) is 3. The fourth-order valence-corrected chi connectivity index (χ4v) is 2.12. The number of nitrogens with zero attached hydrogens (tertiary/aromatic N) is 1. The van der Waals surface area contributed by atoms with Crippen molar-refractivity contribution in [1.82, 2.24) is 4.98 Å². The van der Waals surface area contributed by atoms with Gasteiger partial charge in [-0.1, -0.05) is 17.7 Å². The van der Waals surface area contributed by atoms with Crippen LogP contribution in [0.25, 0.3) is 10.9 Å². The molecule has 4 heteroatoms. The van der Waals surface area contributed by atoms with Gasteiger partial charge in [0.25, 0.3) is 0 Å². The smallest absolute Gasteiger partial charge is 0.131 e. The van der Waals surface area contributed by atoms with E-state index in [9.17, 15) is 0 Å². The van der Waals surface area contributed by atoms with Gasteiger partial charge in [-0.25, -0.2) is 4.98 Å². The quantitative estimate of drug-likeness (QED) is 0.685. The van der Waals surface area contributed by atoms with E-state index in [-0.39, 0.29) is 0 Å². The van der Waals surface area contributed by atoms with Crippen molar-refractivity contribution in [3.05, 3.63) is 59.6 Å². The Morgan fingerprint density at radius 3 is 2.74 bits per heavy atom. The van der Waals surface area contributed by atoms with Crippen molar-refractivity contribution in [1.29, 1.82) is 0 Å². The first-order chi connectivity index (χ1) is 9.20. The van der Waals surface area contributed by atoms with Crippen LogP contribution in [0, 0.1) is 0 Å². The first-order valence-electron chi connectivity index (χ1n) is 5.89. The average Bonchev–Trinajstić information content (AvgIpc) is 2.39. The molecule has 0 amide bonds. The fraction of sp³-hybridized carbons (Fsp3) is 0. The summed E-state index contributed by atoms with van der Waals surface area (Å²) in [6.07, 6.45) is 0. The zero-order chi connectivity index (χ0) is 13.2. The van der Waals surface area contributed by atoms with Gasteiger partial charge in [0.15, 0.2) is 0 Å². The predicted octanol–water partition coefficient (Wildman–Crippen LogP) is 4.21. The summed E-state index contributed by atoms with van der Waals surface area (Å²) < 4.78 is 0. The standard InChI is InChI=1S/C15H12ClN3/c16-11-2-1-3-13(9-11)18-15-7-4-10-8-12(17)5-6-14(10)19-15/h1-9H,17H2,(H,18,19). The minimum Gasteiger partial charge on any atom is -0.399 e. The molecule has 2 aromatic carbocycles. The van der Waals surface area contributed by atoms with Crippen molar-refractivity contribution in [2.24, 2.45) is 0 Å². The molecule has 1 aromatic heterocycles. The monoisotopic (exact) mass is 269 g/mol. The highest BCUT2D eigenvalue weighted by Gasteiger charge is 2.00. The maximum absolute atomic E-state index is 5.95. The van der Waals surface area contributed by atoms with Gasteiger partial charge in [0.2, 0.25) is 0 Å². The number of rotatable bonds is 2. The van der Waals surface area contributed by atoms with Crippen LogP contribution in [0.5, 0.6) is 0 Å². The Labute approximate surface area is 116 Å². The number of anilines is 3. The molecule has 94 valence electrons. The number of aromatic nitrogens is 1. The maximum atomic E-state index is 5.95. The number of fused-ring (bicyclic) bond motifs is 1. The molecule has 0 radical (unpaired) electrons. The highest BCUT2D eigenvalue weighted by atomic mass is 35.5. The Bertz CT molecular complexity index is 740. The molecule has 0 aliphatic rings. The van der Waals surface area contributed by atoms with E-state index < -0.39 is 0 Å². The third-order valence-corrected chi connectivity index (χ3v) is 3.05. The molecule has 0 saturated carbocycles. The number of nitrogens with two attached hydrogens (primary N) is 1. The second-order valence-electron chi connectivity index (χ2n) is 4.28. The van der Waals surface area contributed by atoms with E-state index >= 15 is 0 Å². The Morgan fingerprint density at radius 1 is 1.00 bits per heavy atom. The summed E-state index contributed by atoms with van der Waals surface area (Å²) in [7, 11) is 0. The second-order valence-corrected chi connectivity index (χ2v) is 4.72. The molecule has 0 atom stereocenters. The molecule has 3 rings (SSSR count). The van der Waals surface area contributed by atoms with Gasteiger partial charge in [0, 0.05) is 21.8 Å². The lowest BCUT2D eigenvalue weighted by molar-refractivity contribution is 1.37. The molecular weight excluding hydrogens is 258 g/mol. The fourth-order valence-electron chi connectivity index (χ4n) is 1.93.